The van der Waals surface area contributed by atoms with Crippen LogP contribution in [0.5, 0.6) is 0 Å². The number of carbonyl (C=O) groups is 1. The van der Waals surface area contributed by atoms with Crippen molar-refractivity contribution in [2.24, 2.45) is 5.92 Å². The third-order valence-corrected chi connectivity index (χ3v) is 4.05. The Morgan fingerprint density at radius 2 is 2.04 bits per heavy atom. The average Bonchev–Trinajstić information content (AvgIpc) is 2.79. The van der Waals surface area contributed by atoms with Crippen LogP contribution in [0, 0.1) is 5.92 Å². The van der Waals surface area contributed by atoms with Crippen LogP contribution in [0.15, 0.2) is 18.2 Å². The minimum Gasteiger partial charge on any atom is -0.478 e. The Kier molecular flexibility index (Phi) is 5.71. The molecule has 0 aliphatic carbocycles. The van der Waals surface area contributed by atoms with Crippen LogP contribution in [0.25, 0.3) is 5.69 Å². The van der Waals surface area contributed by atoms with Crippen LogP contribution in [-0.4, -0.2) is 20.9 Å². The zero-order chi connectivity index (χ0) is 17.1. The zero-order valence-electron chi connectivity index (χ0n) is 13.4. The van der Waals surface area contributed by atoms with Crippen molar-refractivity contribution >= 4 is 29.2 Å². The van der Waals surface area contributed by atoms with Crippen molar-refractivity contribution in [2.45, 2.75) is 40.0 Å². The van der Waals surface area contributed by atoms with Gasteiger partial charge in [0.25, 0.3) is 0 Å². The fraction of sp³-hybridized carbons (Fsp3) is 0.412. The van der Waals surface area contributed by atoms with Crippen LogP contribution in [-0.2, 0) is 12.8 Å². The molecule has 1 aromatic carbocycles. The molecule has 0 bridgehead atoms. The minimum absolute atomic E-state index is 0.289. The Morgan fingerprint density at radius 1 is 1.35 bits per heavy atom. The minimum atomic E-state index is -0.950. The van der Waals surface area contributed by atoms with E-state index in [1.54, 1.807) is 22.9 Å². The number of hydrogen-bond acceptors (Lipinski definition) is 2. The largest absolute Gasteiger partial charge is 0.478 e. The fourth-order valence-electron chi connectivity index (χ4n) is 2.60. The number of carboxylic acid groups (broad SMARTS) is 1. The van der Waals surface area contributed by atoms with Crippen LogP contribution < -0.4 is 0 Å². The summed E-state index contributed by atoms with van der Waals surface area (Å²) in [5, 5.41) is 15.2. The van der Waals surface area contributed by atoms with Crippen LogP contribution in [0.4, 0.5) is 0 Å². The topological polar surface area (TPSA) is 55.1 Å². The molecule has 0 aliphatic rings. The number of nitrogens with zero attached hydrogens (tertiary/aromatic N) is 2. The normalized spacial score (nSPS) is 11.2. The maximum atomic E-state index is 11.8. The van der Waals surface area contributed by atoms with E-state index >= 15 is 0 Å². The van der Waals surface area contributed by atoms with Gasteiger partial charge in [0.2, 0.25) is 0 Å². The molecule has 23 heavy (non-hydrogen) atoms. The summed E-state index contributed by atoms with van der Waals surface area (Å²) in [6.07, 6.45) is 2.02. The van der Waals surface area contributed by atoms with Crippen LogP contribution in [0.2, 0.25) is 10.0 Å². The number of aromatic carboxylic acids is 1. The Hall–Kier alpha value is -1.52. The van der Waals surface area contributed by atoms with Crippen LogP contribution in [0.3, 0.4) is 0 Å². The van der Waals surface area contributed by atoms with E-state index in [0.29, 0.717) is 45.9 Å². The van der Waals surface area contributed by atoms with E-state index in [-0.39, 0.29) is 5.56 Å². The third-order valence-electron chi connectivity index (χ3n) is 3.49. The molecule has 0 saturated carbocycles. The molecule has 2 aromatic rings. The molecule has 0 unspecified atom stereocenters. The number of aromatic nitrogens is 2. The monoisotopic (exact) mass is 354 g/mol. The smallest absolute Gasteiger partial charge is 0.339 e. The highest BCUT2D eigenvalue weighted by atomic mass is 35.5. The van der Waals surface area contributed by atoms with Gasteiger partial charge in [-0.2, -0.15) is 5.10 Å². The molecule has 1 aromatic heterocycles. The highest BCUT2D eigenvalue weighted by Crippen LogP contribution is 2.29. The summed E-state index contributed by atoms with van der Waals surface area (Å²) >= 11 is 12.4. The number of hydrogen-bond donors (Lipinski definition) is 1. The van der Waals surface area contributed by atoms with Gasteiger partial charge in [-0.3, -0.25) is 0 Å². The summed E-state index contributed by atoms with van der Waals surface area (Å²) in [6, 6.07) is 5.10. The van der Waals surface area contributed by atoms with Crippen molar-refractivity contribution < 1.29 is 9.90 Å². The molecule has 124 valence electrons. The third kappa shape index (κ3) is 3.88. The maximum Gasteiger partial charge on any atom is 0.339 e. The lowest BCUT2D eigenvalue weighted by molar-refractivity contribution is 0.0694. The molecular formula is C17H20Cl2N2O2. The molecule has 0 amide bonds. The molecular weight excluding hydrogens is 335 g/mol. The SMILES string of the molecule is CCCc1c(C(=O)O)c(CC(C)C)nn1-c1cc(Cl)ccc1Cl. The van der Waals surface area contributed by atoms with Gasteiger partial charge < -0.3 is 5.11 Å². The summed E-state index contributed by atoms with van der Waals surface area (Å²) in [5.41, 5.74) is 2.16. The fourth-order valence-corrected chi connectivity index (χ4v) is 2.96. The Labute approximate surface area is 146 Å². The first-order chi connectivity index (χ1) is 10.8. The summed E-state index contributed by atoms with van der Waals surface area (Å²) < 4.78 is 1.64. The second-order valence-corrected chi connectivity index (χ2v) is 6.77. The van der Waals surface area contributed by atoms with Gasteiger partial charge in [0.05, 0.1) is 22.1 Å². The van der Waals surface area contributed by atoms with E-state index in [1.807, 2.05) is 20.8 Å². The molecule has 0 spiro atoms. The molecule has 6 heteroatoms. The standard InChI is InChI=1S/C17H20Cl2N2O2/c1-4-5-14-16(17(22)23)13(8-10(2)3)20-21(14)15-9-11(18)6-7-12(15)19/h6-7,9-10H,4-5,8H2,1-3H3,(H,22,23). The molecule has 0 fully saturated rings. The number of carboxylic acids is 1. The van der Waals surface area contributed by atoms with E-state index in [4.69, 9.17) is 23.2 Å². The molecule has 0 atom stereocenters. The van der Waals surface area contributed by atoms with Crippen molar-refractivity contribution in [3.8, 4) is 5.69 Å². The highest BCUT2D eigenvalue weighted by molar-refractivity contribution is 6.34. The Morgan fingerprint density at radius 3 is 2.61 bits per heavy atom. The van der Waals surface area contributed by atoms with Gasteiger partial charge in [-0.1, -0.05) is 50.4 Å². The lowest BCUT2D eigenvalue weighted by atomic mass is 10.0. The molecule has 0 aliphatic heterocycles. The van der Waals surface area contributed by atoms with Crippen LogP contribution in [0.1, 0.15) is 48.9 Å². The highest BCUT2D eigenvalue weighted by Gasteiger charge is 2.24. The quantitative estimate of drug-likeness (QED) is 0.791. The van der Waals surface area contributed by atoms with E-state index in [1.165, 1.54) is 0 Å². The van der Waals surface area contributed by atoms with Crippen molar-refractivity contribution in [1.29, 1.82) is 0 Å². The van der Waals surface area contributed by atoms with Gasteiger partial charge in [-0.05, 0) is 37.0 Å². The number of benzene rings is 1. The lowest BCUT2D eigenvalue weighted by Gasteiger charge is -2.09. The van der Waals surface area contributed by atoms with Gasteiger partial charge in [-0.15, -0.1) is 0 Å². The first-order valence-electron chi connectivity index (χ1n) is 7.64. The summed E-state index contributed by atoms with van der Waals surface area (Å²) in [5.74, 6) is -0.644. The first-order valence-corrected chi connectivity index (χ1v) is 8.40. The predicted molar refractivity (Wildman–Crippen MR) is 93.1 cm³/mol. The van der Waals surface area contributed by atoms with Gasteiger partial charge >= 0.3 is 5.97 Å². The van der Waals surface area contributed by atoms with Crippen molar-refractivity contribution in [3.63, 3.8) is 0 Å². The van der Waals surface area contributed by atoms with E-state index in [0.717, 1.165) is 6.42 Å². The second kappa shape index (κ2) is 7.37. The first kappa shape index (κ1) is 17.8. The maximum absolute atomic E-state index is 11.8. The summed E-state index contributed by atoms with van der Waals surface area (Å²) in [6.45, 7) is 6.08. The van der Waals surface area contributed by atoms with Gasteiger partial charge in [0, 0.05) is 5.02 Å². The molecule has 4 nitrogen and oxygen atoms in total. The van der Waals surface area contributed by atoms with Crippen molar-refractivity contribution in [3.05, 3.63) is 45.2 Å². The van der Waals surface area contributed by atoms with E-state index in [2.05, 4.69) is 5.10 Å². The Bertz CT molecular complexity index is 724. The average molecular weight is 355 g/mol. The molecule has 1 N–H and O–H groups in total. The molecule has 0 saturated heterocycles. The molecule has 2 rings (SSSR count). The van der Waals surface area contributed by atoms with Gasteiger partial charge in [0.15, 0.2) is 0 Å². The van der Waals surface area contributed by atoms with Crippen molar-refractivity contribution in [2.75, 3.05) is 0 Å². The number of halogens is 2. The van der Waals surface area contributed by atoms with Crippen molar-refractivity contribution in [1.82, 2.24) is 9.78 Å². The van der Waals surface area contributed by atoms with Gasteiger partial charge in [0.1, 0.15) is 5.56 Å². The van der Waals surface area contributed by atoms with E-state index < -0.39 is 5.97 Å². The van der Waals surface area contributed by atoms with Gasteiger partial charge in [-0.25, -0.2) is 9.48 Å². The summed E-state index contributed by atoms with van der Waals surface area (Å²) in [7, 11) is 0. The Balaban J connectivity index is 2.71. The molecule has 1 heterocycles. The summed E-state index contributed by atoms with van der Waals surface area (Å²) in [4.78, 5) is 11.8. The second-order valence-electron chi connectivity index (χ2n) is 5.93. The zero-order valence-corrected chi connectivity index (χ0v) is 14.9. The van der Waals surface area contributed by atoms with E-state index in [9.17, 15) is 9.90 Å². The number of rotatable bonds is 6. The van der Waals surface area contributed by atoms with Crippen LogP contribution >= 0.6 is 23.2 Å². The molecule has 0 radical (unpaired) electrons. The lowest BCUT2D eigenvalue weighted by Crippen LogP contribution is -2.07. The predicted octanol–water partition coefficient (Wildman–Crippen LogP) is 5.03.